The van der Waals surface area contributed by atoms with E-state index in [1.54, 1.807) is 35.1 Å². The molecule has 0 saturated carbocycles. The van der Waals surface area contributed by atoms with E-state index < -0.39 is 0 Å². The summed E-state index contributed by atoms with van der Waals surface area (Å²) in [6.45, 7) is 1.73. The van der Waals surface area contributed by atoms with Gasteiger partial charge in [-0.1, -0.05) is 0 Å². The lowest BCUT2D eigenvalue weighted by Gasteiger charge is -2.07. The summed E-state index contributed by atoms with van der Waals surface area (Å²) in [6.07, 6.45) is 8.37. The van der Waals surface area contributed by atoms with Crippen LogP contribution >= 0.6 is 22.7 Å². The maximum atomic E-state index is 4.67. The number of fused-ring (bicyclic) bond motifs is 1. The predicted molar refractivity (Wildman–Crippen MR) is 93.9 cm³/mol. The van der Waals surface area contributed by atoms with Gasteiger partial charge in [-0.15, -0.1) is 22.7 Å². The van der Waals surface area contributed by atoms with E-state index in [0.29, 0.717) is 5.95 Å². The average Bonchev–Trinajstić information content (AvgIpc) is 3.32. The quantitative estimate of drug-likeness (QED) is 0.543. The predicted octanol–water partition coefficient (Wildman–Crippen LogP) is 3.51. The molecule has 6 nitrogen and oxygen atoms in total. The van der Waals surface area contributed by atoms with Crippen molar-refractivity contribution < 1.29 is 0 Å². The number of rotatable bonds is 6. The lowest BCUT2D eigenvalue weighted by Crippen LogP contribution is -2.08. The number of anilines is 1. The van der Waals surface area contributed by atoms with Crippen molar-refractivity contribution in [3.8, 4) is 10.7 Å². The fraction of sp³-hybridized carbons (Fsp3) is 0.200. The van der Waals surface area contributed by atoms with Crippen LogP contribution in [-0.2, 0) is 6.54 Å². The molecule has 4 aromatic heterocycles. The molecule has 4 aromatic rings. The summed E-state index contributed by atoms with van der Waals surface area (Å²) in [5.74, 6) is 0.659. The van der Waals surface area contributed by atoms with E-state index in [9.17, 15) is 0 Å². The van der Waals surface area contributed by atoms with Crippen LogP contribution in [0, 0.1) is 0 Å². The Hall–Kier alpha value is -2.32. The molecule has 0 aliphatic heterocycles. The number of nitrogens with zero attached hydrogens (tertiary/aromatic N) is 5. The van der Waals surface area contributed by atoms with Crippen molar-refractivity contribution in [3.05, 3.63) is 41.7 Å². The van der Waals surface area contributed by atoms with Crippen LogP contribution in [0.4, 0.5) is 5.95 Å². The minimum Gasteiger partial charge on any atom is -0.354 e. The highest BCUT2D eigenvalue weighted by molar-refractivity contribution is 7.18. The van der Waals surface area contributed by atoms with Crippen LogP contribution in [0.5, 0.6) is 0 Å². The third-order valence-electron chi connectivity index (χ3n) is 3.37. The zero-order chi connectivity index (χ0) is 15.5. The molecular formula is C15H14N6S2. The van der Waals surface area contributed by atoms with Crippen molar-refractivity contribution in [2.45, 2.75) is 13.0 Å². The summed E-state index contributed by atoms with van der Waals surface area (Å²) in [5.41, 5.74) is 1.88. The van der Waals surface area contributed by atoms with Crippen LogP contribution in [0.2, 0.25) is 0 Å². The van der Waals surface area contributed by atoms with Gasteiger partial charge in [0.2, 0.25) is 5.95 Å². The lowest BCUT2D eigenvalue weighted by atomic mass is 10.3. The van der Waals surface area contributed by atoms with E-state index in [4.69, 9.17) is 0 Å². The summed E-state index contributed by atoms with van der Waals surface area (Å²) >= 11 is 3.25. The highest BCUT2D eigenvalue weighted by Crippen LogP contribution is 2.32. The monoisotopic (exact) mass is 342 g/mol. The van der Waals surface area contributed by atoms with Gasteiger partial charge in [-0.25, -0.2) is 19.9 Å². The molecule has 0 bridgehead atoms. The molecule has 116 valence electrons. The first-order chi connectivity index (χ1) is 11.4. The Morgan fingerprint density at radius 2 is 2.13 bits per heavy atom. The average molecular weight is 342 g/mol. The van der Waals surface area contributed by atoms with Gasteiger partial charge in [-0.05, 0) is 17.9 Å². The molecule has 0 fully saturated rings. The first-order valence-corrected chi connectivity index (χ1v) is 9.01. The van der Waals surface area contributed by atoms with Crippen LogP contribution in [0.1, 0.15) is 6.42 Å². The number of aryl methyl sites for hydroxylation is 1. The van der Waals surface area contributed by atoms with E-state index in [2.05, 4.69) is 29.8 Å². The van der Waals surface area contributed by atoms with Gasteiger partial charge >= 0.3 is 0 Å². The Morgan fingerprint density at radius 1 is 1.13 bits per heavy atom. The Balaban J connectivity index is 1.51. The van der Waals surface area contributed by atoms with E-state index in [0.717, 1.165) is 40.4 Å². The van der Waals surface area contributed by atoms with Crippen molar-refractivity contribution in [2.75, 3.05) is 11.9 Å². The Labute approximate surface area is 140 Å². The van der Waals surface area contributed by atoms with E-state index in [1.165, 1.54) is 0 Å². The SMILES string of the molecule is c1cn(CCCNc2nc(-c3nccs3)c3sccc3n2)cn1. The number of aromatic nitrogens is 5. The van der Waals surface area contributed by atoms with Gasteiger partial charge in [-0.2, -0.15) is 0 Å². The Morgan fingerprint density at radius 3 is 2.96 bits per heavy atom. The topological polar surface area (TPSA) is 68.5 Å². The second-order valence-corrected chi connectivity index (χ2v) is 6.76. The highest BCUT2D eigenvalue weighted by atomic mass is 32.1. The maximum Gasteiger partial charge on any atom is 0.223 e. The third kappa shape index (κ3) is 3.08. The largest absolute Gasteiger partial charge is 0.354 e. The fourth-order valence-electron chi connectivity index (χ4n) is 2.31. The van der Waals surface area contributed by atoms with Crippen molar-refractivity contribution in [1.82, 2.24) is 24.5 Å². The molecule has 0 spiro atoms. The Bertz CT molecular complexity index is 882. The molecule has 4 heterocycles. The van der Waals surface area contributed by atoms with Gasteiger partial charge in [0, 0.05) is 37.1 Å². The zero-order valence-electron chi connectivity index (χ0n) is 12.2. The molecule has 1 N–H and O–H groups in total. The molecule has 0 amide bonds. The molecule has 0 aliphatic carbocycles. The molecule has 0 unspecified atom stereocenters. The maximum absolute atomic E-state index is 4.67. The van der Waals surface area contributed by atoms with Crippen molar-refractivity contribution in [2.24, 2.45) is 0 Å². The molecule has 8 heteroatoms. The molecule has 0 atom stereocenters. The van der Waals surface area contributed by atoms with Gasteiger partial charge in [0.05, 0.1) is 16.5 Å². The molecule has 0 aromatic carbocycles. The van der Waals surface area contributed by atoms with Gasteiger partial charge < -0.3 is 9.88 Å². The standard InChI is InChI=1S/C15H14N6S2/c1(6-21-7-4-16-10-21)3-18-15-19-11-2-8-22-13(11)12(20-15)14-17-5-9-23-14/h2,4-5,7-10H,1,3,6H2,(H,18,19,20). The van der Waals surface area contributed by atoms with Gasteiger partial charge in [-0.3, -0.25) is 0 Å². The molecule has 23 heavy (non-hydrogen) atoms. The number of thiazole rings is 1. The summed E-state index contributed by atoms with van der Waals surface area (Å²) in [5, 5.41) is 8.26. The van der Waals surface area contributed by atoms with Gasteiger partial charge in [0.1, 0.15) is 10.7 Å². The first-order valence-electron chi connectivity index (χ1n) is 7.25. The molecule has 4 rings (SSSR count). The second kappa shape index (κ2) is 6.43. The van der Waals surface area contributed by atoms with Crippen LogP contribution in [0.25, 0.3) is 20.9 Å². The fourth-order valence-corrected chi connectivity index (χ4v) is 3.83. The number of thiophene rings is 1. The van der Waals surface area contributed by atoms with Crippen LogP contribution in [0.15, 0.2) is 41.7 Å². The molecule has 0 saturated heterocycles. The number of imidazole rings is 1. The zero-order valence-corrected chi connectivity index (χ0v) is 13.8. The smallest absolute Gasteiger partial charge is 0.223 e. The summed E-state index contributed by atoms with van der Waals surface area (Å²) in [4.78, 5) is 17.7. The summed E-state index contributed by atoms with van der Waals surface area (Å²) < 4.78 is 3.15. The van der Waals surface area contributed by atoms with Crippen molar-refractivity contribution >= 4 is 38.8 Å². The van der Waals surface area contributed by atoms with Crippen LogP contribution in [-0.4, -0.2) is 31.0 Å². The summed E-state index contributed by atoms with van der Waals surface area (Å²) in [6, 6.07) is 2.02. The molecule has 0 aliphatic rings. The number of hydrogen-bond acceptors (Lipinski definition) is 7. The lowest BCUT2D eigenvalue weighted by molar-refractivity contribution is 0.659. The molecular weight excluding hydrogens is 328 g/mol. The van der Waals surface area contributed by atoms with Crippen molar-refractivity contribution in [3.63, 3.8) is 0 Å². The van der Waals surface area contributed by atoms with E-state index in [1.807, 2.05) is 29.4 Å². The van der Waals surface area contributed by atoms with Crippen LogP contribution < -0.4 is 5.32 Å². The van der Waals surface area contributed by atoms with Crippen molar-refractivity contribution in [1.29, 1.82) is 0 Å². The number of nitrogens with one attached hydrogen (secondary N) is 1. The first kappa shape index (κ1) is 14.3. The van der Waals surface area contributed by atoms with E-state index >= 15 is 0 Å². The second-order valence-electron chi connectivity index (χ2n) is 4.95. The normalized spacial score (nSPS) is 11.1. The molecule has 0 radical (unpaired) electrons. The van der Waals surface area contributed by atoms with Gasteiger partial charge in [0.15, 0.2) is 0 Å². The van der Waals surface area contributed by atoms with Gasteiger partial charge in [0.25, 0.3) is 0 Å². The highest BCUT2D eigenvalue weighted by Gasteiger charge is 2.12. The third-order valence-corrected chi connectivity index (χ3v) is 5.06. The van der Waals surface area contributed by atoms with Crippen LogP contribution in [0.3, 0.4) is 0 Å². The summed E-state index contributed by atoms with van der Waals surface area (Å²) in [7, 11) is 0. The number of hydrogen-bond donors (Lipinski definition) is 1. The minimum absolute atomic E-state index is 0.659. The Kier molecular flexibility index (Phi) is 3.99. The minimum atomic E-state index is 0.659. The van der Waals surface area contributed by atoms with E-state index in [-0.39, 0.29) is 0 Å².